The van der Waals surface area contributed by atoms with Crippen molar-refractivity contribution in [1.82, 2.24) is 0 Å². The number of unbranched alkanes of at least 4 members (excludes halogenated alkanes) is 9. The number of phosphoric acid groups is 1. The molecule has 0 aromatic carbocycles. The fraction of sp³-hybridized carbons (Fsp3) is 1.00. The van der Waals surface area contributed by atoms with Gasteiger partial charge in [0.1, 0.15) is 0 Å². The second-order valence-electron chi connectivity index (χ2n) is 5.10. The van der Waals surface area contributed by atoms with E-state index in [4.69, 9.17) is 36.8 Å². The van der Waals surface area contributed by atoms with Crippen molar-refractivity contribution in [2.24, 2.45) is 0 Å². The van der Waals surface area contributed by atoms with E-state index in [9.17, 15) is 0 Å². The normalized spacial score (nSPS) is 10.2. The van der Waals surface area contributed by atoms with E-state index in [1.807, 2.05) is 0 Å². The van der Waals surface area contributed by atoms with Crippen LogP contribution >= 0.6 is 7.82 Å². The van der Waals surface area contributed by atoms with Gasteiger partial charge in [-0.3, -0.25) is 8.42 Å². The minimum absolute atomic E-state index is 0. The Hall–Kier alpha value is 2.98. The molecule has 0 heterocycles. The molecule has 138 valence electrons. The van der Waals surface area contributed by atoms with Gasteiger partial charge >= 0.3 is 170 Å². The Bertz CT molecular complexity index is 352. The first kappa shape index (κ1) is 38.6. The quantitative estimate of drug-likeness (QED) is 0.104. The molecule has 0 fully saturated rings. The summed E-state index contributed by atoms with van der Waals surface area (Å²) in [5, 5.41) is 0. The van der Waals surface area contributed by atoms with Crippen molar-refractivity contribution < 1.29 is 95.9 Å². The second kappa shape index (κ2) is 27.0. The van der Waals surface area contributed by atoms with E-state index in [1.165, 1.54) is 95.8 Å². The van der Waals surface area contributed by atoms with E-state index in [0.717, 1.165) is 0 Å². The van der Waals surface area contributed by atoms with Crippen molar-refractivity contribution in [3.8, 4) is 0 Å². The minimum atomic E-state index is -5.17. The van der Waals surface area contributed by atoms with Crippen molar-refractivity contribution in [3.05, 3.63) is 0 Å². The average molecular weight is 432 g/mol. The zero-order chi connectivity index (χ0) is 18.8. The fourth-order valence-electron chi connectivity index (χ4n) is 1.74. The summed E-state index contributed by atoms with van der Waals surface area (Å²) in [6.07, 6.45) is 14.7. The summed E-state index contributed by atoms with van der Waals surface area (Å²) in [6, 6.07) is 0. The first-order valence-corrected chi connectivity index (χ1v) is 12.2. The van der Waals surface area contributed by atoms with E-state index in [1.54, 1.807) is 0 Å². The predicted octanol–water partition coefficient (Wildman–Crippen LogP) is -3.76. The van der Waals surface area contributed by atoms with Crippen molar-refractivity contribution in [2.45, 2.75) is 74.8 Å². The van der Waals surface area contributed by atoms with Crippen LogP contribution in [-0.4, -0.2) is 60.1 Å². The molecule has 0 aliphatic heterocycles. The number of hydrogen-bond acceptors (Lipinski definition) is 5. The van der Waals surface area contributed by atoms with Crippen LogP contribution in [0.2, 0.25) is 3.67 Å². The van der Waals surface area contributed by atoms with Gasteiger partial charge in [0.25, 0.3) is 0 Å². The van der Waals surface area contributed by atoms with Gasteiger partial charge in [-0.25, -0.2) is 4.57 Å². The number of rotatable bonds is 10. The zero-order valence-corrected chi connectivity index (χ0v) is 23.7. The van der Waals surface area contributed by atoms with Crippen LogP contribution in [0, 0.1) is 0 Å². The molecule has 0 aliphatic carbocycles. The van der Waals surface area contributed by atoms with Crippen LogP contribution in [0.5, 0.6) is 0 Å². The van der Waals surface area contributed by atoms with Crippen LogP contribution in [0.1, 0.15) is 71.1 Å². The summed E-state index contributed by atoms with van der Waals surface area (Å²) >= 11 is 1.41. The Morgan fingerprint density at radius 3 is 1.20 bits per heavy atom. The fourth-order valence-corrected chi connectivity index (χ4v) is 2.24. The van der Waals surface area contributed by atoms with Crippen molar-refractivity contribution in [3.63, 3.8) is 0 Å². The molecule has 0 atom stereocenters. The molecule has 8 nitrogen and oxygen atoms in total. The van der Waals surface area contributed by atoms with Crippen molar-refractivity contribution >= 4 is 46.2 Å². The maximum Gasteiger partial charge on any atom is 1.00 e. The molecular formula is C12H28Na3O8PS. The van der Waals surface area contributed by atoms with Crippen LogP contribution in [-0.2, 0) is 15.0 Å². The zero-order valence-electron chi connectivity index (χ0n) is 16.0. The molecule has 0 bridgehead atoms. The Kier molecular flexibility index (Phi) is 41.6. The monoisotopic (exact) mass is 432 g/mol. The van der Waals surface area contributed by atoms with Gasteiger partial charge in [0.15, 0.2) is 0 Å². The van der Waals surface area contributed by atoms with Crippen LogP contribution in [0.4, 0.5) is 0 Å². The van der Waals surface area contributed by atoms with E-state index < -0.39 is 18.2 Å². The van der Waals surface area contributed by atoms with Crippen LogP contribution < -0.4 is 59.1 Å². The van der Waals surface area contributed by atoms with Gasteiger partial charge in [0.2, 0.25) is 0 Å². The molecular weight excluding hydrogens is 404 g/mol. The summed E-state index contributed by atoms with van der Waals surface area (Å²) in [5.41, 5.74) is 0. The second-order valence-corrected chi connectivity index (χ2v) is 7.95. The van der Waals surface area contributed by atoms with E-state index >= 15 is 0 Å². The van der Waals surface area contributed by atoms with Gasteiger partial charge in [-0.1, -0.05) is 0 Å². The smallest absolute Gasteiger partial charge is 0.759 e. The molecule has 0 aromatic heterocycles. The van der Waals surface area contributed by atoms with Gasteiger partial charge in [-0.05, 0) is 0 Å². The first-order chi connectivity index (χ1) is 10.4. The third-order valence-corrected chi connectivity index (χ3v) is 3.41. The predicted molar refractivity (Wildman–Crippen MR) is 87.1 cm³/mol. The molecule has 0 aliphatic rings. The Morgan fingerprint density at radius 2 is 1.00 bits per heavy atom. The molecule has 0 saturated carbocycles. The van der Waals surface area contributed by atoms with E-state index in [2.05, 4.69) is 6.92 Å². The SMILES string of the molecule is CCCCCCCCCCC[CH2][Na].O=P(O)(O)O.O=S(=O)([O-])[O-].[Na+].[Na+]. The maximum absolute atomic E-state index is 8.88. The van der Waals surface area contributed by atoms with Gasteiger partial charge < -0.3 is 23.8 Å². The molecule has 0 amide bonds. The van der Waals surface area contributed by atoms with E-state index in [-0.39, 0.29) is 59.1 Å². The summed E-state index contributed by atoms with van der Waals surface area (Å²) < 4.78 is 44.5. The van der Waals surface area contributed by atoms with Crippen LogP contribution in [0.15, 0.2) is 0 Å². The standard InChI is InChI=1S/C12H25.3Na.H3O4P.H2O4S/c1-3-5-7-9-11-12-10-8-6-4-2;;;;2*1-5(2,3)4/h1,3-12H2,2H3;;;;(H3,1,2,3,4);(H2,1,2,3,4)/q;;2*+1;;/p-2. The average Bonchev–Trinajstić information content (AvgIpc) is 2.33. The summed E-state index contributed by atoms with van der Waals surface area (Å²) in [5.74, 6) is 0. The van der Waals surface area contributed by atoms with Gasteiger partial charge in [0, 0.05) is 10.4 Å². The third-order valence-electron chi connectivity index (χ3n) is 2.71. The van der Waals surface area contributed by atoms with Crippen molar-refractivity contribution in [1.29, 1.82) is 0 Å². The molecule has 13 heteroatoms. The molecule has 0 radical (unpaired) electrons. The Labute approximate surface area is 214 Å². The summed E-state index contributed by atoms with van der Waals surface area (Å²) in [7, 11) is -9.81. The largest absolute Gasteiger partial charge is 1.00 e. The third kappa shape index (κ3) is 99.9. The molecule has 0 aromatic rings. The topological polar surface area (TPSA) is 158 Å². The van der Waals surface area contributed by atoms with Gasteiger partial charge in [-0.2, -0.15) is 0 Å². The molecule has 25 heavy (non-hydrogen) atoms. The molecule has 0 unspecified atom stereocenters. The summed E-state index contributed by atoms with van der Waals surface area (Å²) in [6.45, 7) is 2.29. The molecule has 3 N–H and O–H groups in total. The molecule has 0 saturated heterocycles. The number of hydrogen-bond donors (Lipinski definition) is 3. The van der Waals surface area contributed by atoms with Crippen LogP contribution in [0.25, 0.3) is 0 Å². The summed E-state index contributed by atoms with van der Waals surface area (Å²) in [4.78, 5) is 21.6. The Morgan fingerprint density at radius 1 is 0.800 bits per heavy atom. The molecule has 0 rings (SSSR count). The van der Waals surface area contributed by atoms with Gasteiger partial charge in [0.05, 0.1) is 0 Å². The Balaban J connectivity index is -0.0000000933. The first-order valence-electron chi connectivity index (χ1n) is 7.86. The van der Waals surface area contributed by atoms with Crippen molar-refractivity contribution in [2.75, 3.05) is 0 Å². The maximum atomic E-state index is 8.88. The van der Waals surface area contributed by atoms with Gasteiger partial charge in [-0.15, -0.1) is 0 Å². The van der Waals surface area contributed by atoms with E-state index in [0.29, 0.717) is 0 Å². The van der Waals surface area contributed by atoms with Crippen LogP contribution in [0.3, 0.4) is 0 Å². The molecule has 0 spiro atoms. The minimum Gasteiger partial charge on any atom is -0.759 e.